The van der Waals surface area contributed by atoms with Gasteiger partial charge in [-0.05, 0) is 18.4 Å². The molecule has 100 valence electrons. The Kier molecular flexibility index (Phi) is 5.17. The van der Waals surface area contributed by atoms with E-state index >= 15 is 0 Å². The monoisotopic (exact) mass is 257 g/mol. The Labute approximate surface area is 113 Å². The summed E-state index contributed by atoms with van der Waals surface area (Å²) < 4.78 is 1.95. The minimum atomic E-state index is 0.121. The molecule has 0 saturated carbocycles. The van der Waals surface area contributed by atoms with Crippen LogP contribution in [0, 0.1) is 0 Å². The van der Waals surface area contributed by atoms with Gasteiger partial charge in [0.15, 0.2) is 0 Å². The summed E-state index contributed by atoms with van der Waals surface area (Å²) in [4.78, 5) is 15.6. The predicted molar refractivity (Wildman–Crippen MR) is 74.6 cm³/mol. The number of benzene rings is 1. The van der Waals surface area contributed by atoms with Gasteiger partial charge >= 0.3 is 0 Å². The molecule has 4 heteroatoms. The van der Waals surface area contributed by atoms with Crippen molar-refractivity contribution >= 4 is 5.91 Å². The van der Waals surface area contributed by atoms with E-state index in [4.69, 9.17) is 0 Å². The van der Waals surface area contributed by atoms with E-state index in [1.807, 2.05) is 29.0 Å². The first-order valence-corrected chi connectivity index (χ1v) is 6.61. The van der Waals surface area contributed by atoms with E-state index in [1.165, 1.54) is 5.56 Å². The fourth-order valence-electron chi connectivity index (χ4n) is 1.93. The van der Waals surface area contributed by atoms with Gasteiger partial charge in [0.25, 0.3) is 0 Å². The molecule has 1 aromatic carbocycles. The number of carbonyl (C=O) groups is 1. The van der Waals surface area contributed by atoms with Crippen molar-refractivity contribution in [2.24, 2.45) is 0 Å². The van der Waals surface area contributed by atoms with Crippen LogP contribution in [0.1, 0.15) is 18.4 Å². The maximum absolute atomic E-state index is 11.6. The van der Waals surface area contributed by atoms with Crippen LogP contribution >= 0.6 is 0 Å². The third kappa shape index (κ3) is 4.95. The Morgan fingerprint density at radius 3 is 2.84 bits per heavy atom. The van der Waals surface area contributed by atoms with Gasteiger partial charge < -0.3 is 9.88 Å². The number of imidazole rings is 1. The number of hydrogen-bond acceptors (Lipinski definition) is 2. The number of nitrogens with one attached hydrogen (secondary N) is 1. The molecule has 0 bridgehead atoms. The Morgan fingerprint density at radius 1 is 1.26 bits per heavy atom. The van der Waals surface area contributed by atoms with E-state index in [1.54, 1.807) is 12.5 Å². The van der Waals surface area contributed by atoms with Gasteiger partial charge in [-0.2, -0.15) is 0 Å². The fourth-order valence-corrected chi connectivity index (χ4v) is 1.93. The molecule has 0 spiro atoms. The summed E-state index contributed by atoms with van der Waals surface area (Å²) in [5, 5.41) is 2.92. The molecule has 1 aromatic heterocycles. The smallest absolute Gasteiger partial charge is 0.220 e. The summed E-state index contributed by atoms with van der Waals surface area (Å²) in [5.74, 6) is 0.121. The number of aromatic nitrogens is 2. The predicted octanol–water partition coefficient (Wildman–Crippen LogP) is 2.02. The zero-order valence-corrected chi connectivity index (χ0v) is 11.0. The Hall–Kier alpha value is -2.10. The SMILES string of the molecule is O=C(CCCc1ccccc1)NCCn1ccnc1. The highest BCUT2D eigenvalue weighted by atomic mass is 16.1. The lowest BCUT2D eigenvalue weighted by atomic mass is 10.1. The quantitative estimate of drug-likeness (QED) is 0.825. The second-order valence-electron chi connectivity index (χ2n) is 4.49. The van der Waals surface area contributed by atoms with E-state index < -0.39 is 0 Å². The number of amides is 1. The topological polar surface area (TPSA) is 46.9 Å². The maximum atomic E-state index is 11.6. The number of carbonyl (C=O) groups excluding carboxylic acids is 1. The summed E-state index contributed by atoms with van der Waals surface area (Å²) in [6.07, 6.45) is 7.81. The molecular weight excluding hydrogens is 238 g/mol. The van der Waals surface area contributed by atoms with Gasteiger partial charge in [0.05, 0.1) is 6.33 Å². The molecule has 0 aliphatic carbocycles. The highest BCUT2D eigenvalue weighted by Crippen LogP contribution is 2.04. The fraction of sp³-hybridized carbons (Fsp3) is 0.333. The van der Waals surface area contributed by atoms with Crippen LogP contribution in [0.4, 0.5) is 0 Å². The van der Waals surface area contributed by atoms with E-state index in [-0.39, 0.29) is 5.91 Å². The second kappa shape index (κ2) is 7.36. The lowest BCUT2D eigenvalue weighted by Crippen LogP contribution is -2.26. The first-order chi connectivity index (χ1) is 9.34. The first-order valence-electron chi connectivity index (χ1n) is 6.61. The molecule has 4 nitrogen and oxygen atoms in total. The van der Waals surface area contributed by atoms with Gasteiger partial charge in [-0.3, -0.25) is 4.79 Å². The Morgan fingerprint density at radius 2 is 2.11 bits per heavy atom. The number of hydrogen-bond donors (Lipinski definition) is 1. The van der Waals surface area contributed by atoms with Crippen LogP contribution in [0.15, 0.2) is 49.1 Å². The molecular formula is C15H19N3O. The van der Waals surface area contributed by atoms with Crippen molar-refractivity contribution in [1.82, 2.24) is 14.9 Å². The van der Waals surface area contributed by atoms with Gasteiger partial charge in [0.2, 0.25) is 5.91 Å². The summed E-state index contributed by atoms with van der Waals surface area (Å²) in [6.45, 7) is 1.42. The average molecular weight is 257 g/mol. The number of nitrogens with zero attached hydrogens (tertiary/aromatic N) is 2. The Balaban J connectivity index is 1.57. The van der Waals surface area contributed by atoms with Gasteiger partial charge in [0.1, 0.15) is 0 Å². The first kappa shape index (κ1) is 13.3. The van der Waals surface area contributed by atoms with Gasteiger partial charge in [-0.25, -0.2) is 4.98 Å². The van der Waals surface area contributed by atoms with E-state index in [0.717, 1.165) is 19.4 Å². The van der Waals surface area contributed by atoms with Crippen LogP contribution in [-0.4, -0.2) is 22.0 Å². The molecule has 1 amide bonds. The summed E-state index contributed by atoms with van der Waals surface area (Å²) in [6, 6.07) is 10.3. The largest absolute Gasteiger partial charge is 0.354 e. The molecule has 0 radical (unpaired) electrons. The summed E-state index contributed by atoms with van der Waals surface area (Å²) in [5.41, 5.74) is 1.29. The van der Waals surface area contributed by atoms with Crippen molar-refractivity contribution in [2.75, 3.05) is 6.54 Å². The number of aryl methyl sites for hydroxylation is 1. The molecule has 0 aliphatic heterocycles. The molecule has 0 fully saturated rings. The highest BCUT2D eigenvalue weighted by molar-refractivity contribution is 5.75. The van der Waals surface area contributed by atoms with Crippen molar-refractivity contribution in [3.8, 4) is 0 Å². The van der Waals surface area contributed by atoms with Crippen molar-refractivity contribution in [1.29, 1.82) is 0 Å². The molecule has 1 N–H and O–H groups in total. The highest BCUT2D eigenvalue weighted by Gasteiger charge is 2.01. The van der Waals surface area contributed by atoms with Crippen LogP contribution in [0.25, 0.3) is 0 Å². The molecule has 1 heterocycles. The normalized spacial score (nSPS) is 10.3. The summed E-state index contributed by atoms with van der Waals surface area (Å²) in [7, 11) is 0. The van der Waals surface area contributed by atoms with Crippen LogP contribution in [-0.2, 0) is 17.8 Å². The van der Waals surface area contributed by atoms with Gasteiger partial charge in [-0.15, -0.1) is 0 Å². The van der Waals surface area contributed by atoms with Crippen molar-refractivity contribution in [3.63, 3.8) is 0 Å². The number of rotatable bonds is 7. The zero-order chi connectivity index (χ0) is 13.3. The average Bonchev–Trinajstić information content (AvgIpc) is 2.93. The van der Waals surface area contributed by atoms with Crippen LogP contribution in [0.3, 0.4) is 0 Å². The molecule has 0 atom stereocenters. The van der Waals surface area contributed by atoms with Crippen LogP contribution in [0.2, 0.25) is 0 Å². The molecule has 19 heavy (non-hydrogen) atoms. The van der Waals surface area contributed by atoms with Crippen molar-refractivity contribution in [2.45, 2.75) is 25.8 Å². The molecule has 0 saturated heterocycles. The van der Waals surface area contributed by atoms with Gasteiger partial charge in [-0.1, -0.05) is 30.3 Å². The van der Waals surface area contributed by atoms with Crippen LogP contribution in [0.5, 0.6) is 0 Å². The van der Waals surface area contributed by atoms with E-state index in [0.29, 0.717) is 13.0 Å². The molecule has 0 unspecified atom stereocenters. The molecule has 2 rings (SSSR count). The van der Waals surface area contributed by atoms with E-state index in [9.17, 15) is 4.79 Å². The maximum Gasteiger partial charge on any atom is 0.220 e. The third-order valence-corrected chi connectivity index (χ3v) is 2.96. The lowest BCUT2D eigenvalue weighted by molar-refractivity contribution is -0.121. The minimum absolute atomic E-state index is 0.121. The van der Waals surface area contributed by atoms with Crippen molar-refractivity contribution < 1.29 is 4.79 Å². The summed E-state index contributed by atoms with van der Waals surface area (Å²) >= 11 is 0. The molecule has 2 aromatic rings. The van der Waals surface area contributed by atoms with Crippen LogP contribution < -0.4 is 5.32 Å². The standard InChI is InChI=1S/C15H19N3O/c19-15(17-10-12-18-11-9-16-13-18)8-4-7-14-5-2-1-3-6-14/h1-3,5-6,9,11,13H,4,7-8,10,12H2,(H,17,19). The Bertz CT molecular complexity index is 479. The third-order valence-electron chi connectivity index (χ3n) is 2.96. The van der Waals surface area contributed by atoms with Crippen molar-refractivity contribution in [3.05, 3.63) is 54.6 Å². The second-order valence-corrected chi connectivity index (χ2v) is 4.49. The minimum Gasteiger partial charge on any atom is -0.354 e. The van der Waals surface area contributed by atoms with Gasteiger partial charge in [0, 0.05) is 31.9 Å². The molecule has 0 aliphatic rings. The lowest BCUT2D eigenvalue weighted by Gasteiger charge is -2.06. The zero-order valence-electron chi connectivity index (χ0n) is 11.0. The van der Waals surface area contributed by atoms with E-state index in [2.05, 4.69) is 22.4 Å².